The first-order chi connectivity index (χ1) is 10.8. The molecule has 0 fully saturated rings. The lowest BCUT2D eigenvalue weighted by molar-refractivity contribution is -0.123. The van der Waals surface area contributed by atoms with E-state index in [4.69, 9.17) is 4.74 Å². The Hall–Kier alpha value is -2.24. The minimum atomic E-state index is -0.637. The summed E-state index contributed by atoms with van der Waals surface area (Å²) in [6, 6.07) is 7.43. The van der Waals surface area contributed by atoms with Crippen LogP contribution in [-0.2, 0) is 16.1 Å². The Morgan fingerprint density at radius 2 is 1.57 bits per heavy atom. The average molecular weight is 321 g/mol. The van der Waals surface area contributed by atoms with E-state index in [1.807, 2.05) is 38.1 Å². The Morgan fingerprint density at radius 1 is 0.957 bits per heavy atom. The molecule has 0 heterocycles. The maximum atomic E-state index is 11.7. The van der Waals surface area contributed by atoms with E-state index in [1.165, 1.54) is 0 Å². The molecule has 6 heteroatoms. The molecular formula is C17H27N3O3. The van der Waals surface area contributed by atoms with Crippen molar-refractivity contribution in [3.63, 3.8) is 0 Å². The number of anilines is 1. The van der Waals surface area contributed by atoms with Crippen LogP contribution in [0.1, 0.15) is 40.2 Å². The van der Waals surface area contributed by atoms with Gasteiger partial charge in [0.05, 0.1) is 0 Å². The molecule has 0 spiro atoms. The molecule has 0 aliphatic carbocycles. The first kappa shape index (κ1) is 18.8. The first-order valence-corrected chi connectivity index (χ1v) is 7.87. The zero-order valence-electron chi connectivity index (χ0n) is 14.5. The van der Waals surface area contributed by atoms with Crippen LogP contribution in [-0.4, -0.2) is 30.1 Å². The van der Waals surface area contributed by atoms with E-state index in [0.29, 0.717) is 6.04 Å². The fourth-order valence-electron chi connectivity index (χ4n) is 1.87. The van der Waals surface area contributed by atoms with Crippen LogP contribution in [0.25, 0.3) is 0 Å². The van der Waals surface area contributed by atoms with Gasteiger partial charge < -0.3 is 20.7 Å². The standard InChI is InChI=1S/C17H27N3O3/c1-11(2)18-15-8-6-14(7-9-15)10-23-17(22)20-13(5)16(21)19-12(3)4/h6-9,11-13,18H,10H2,1-5H3,(H,19,21)(H,20,22). The van der Waals surface area contributed by atoms with Crippen LogP contribution in [0.3, 0.4) is 0 Å². The number of alkyl carbamates (subject to hydrolysis) is 1. The van der Waals surface area contributed by atoms with Gasteiger partial charge in [-0.3, -0.25) is 4.79 Å². The summed E-state index contributed by atoms with van der Waals surface area (Å²) in [5.41, 5.74) is 1.90. The Bertz CT molecular complexity index is 512. The highest BCUT2D eigenvalue weighted by molar-refractivity contribution is 5.85. The molecule has 2 amide bonds. The number of hydrogen-bond acceptors (Lipinski definition) is 4. The van der Waals surface area contributed by atoms with Gasteiger partial charge in [0.15, 0.2) is 0 Å². The lowest BCUT2D eigenvalue weighted by Crippen LogP contribution is -2.46. The van der Waals surface area contributed by atoms with Gasteiger partial charge in [-0.25, -0.2) is 4.79 Å². The third kappa shape index (κ3) is 7.54. The van der Waals surface area contributed by atoms with Crippen molar-refractivity contribution in [2.45, 2.75) is 59.4 Å². The van der Waals surface area contributed by atoms with Crippen LogP contribution < -0.4 is 16.0 Å². The number of hydrogen-bond donors (Lipinski definition) is 3. The van der Waals surface area contributed by atoms with Crippen molar-refractivity contribution in [2.24, 2.45) is 0 Å². The number of amides is 2. The minimum Gasteiger partial charge on any atom is -0.445 e. The van der Waals surface area contributed by atoms with Gasteiger partial charge in [0.1, 0.15) is 12.6 Å². The lowest BCUT2D eigenvalue weighted by Gasteiger charge is -2.16. The summed E-state index contributed by atoms with van der Waals surface area (Å²) in [6.07, 6.45) is -0.610. The largest absolute Gasteiger partial charge is 0.445 e. The van der Waals surface area contributed by atoms with Crippen molar-refractivity contribution >= 4 is 17.7 Å². The summed E-state index contributed by atoms with van der Waals surface area (Å²) in [7, 11) is 0. The molecule has 23 heavy (non-hydrogen) atoms. The molecule has 0 aliphatic rings. The minimum absolute atomic E-state index is 0.0285. The van der Waals surface area contributed by atoms with Crippen LogP contribution in [0, 0.1) is 0 Å². The van der Waals surface area contributed by atoms with Gasteiger partial charge in [0.25, 0.3) is 0 Å². The molecule has 128 valence electrons. The van der Waals surface area contributed by atoms with Gasteiger partial charge >= 0.3 is 6.09 Å². The van der Waals surface area contributed by atoms with E-state index < -0.39 is 12.1 Å². The van der Waals surface area contributed by atoms with Crippen molar-refractivity contribution < 1.29 is 14.3 Å². The van der Waals surface area contributed by atoms with Gasteiger partial charge in [-0.15, -0.1) is 0 Å². The molecule has 3 N–H and O–H groups in total. The first-order valence-electron chi connectivity index (χ1n) is 7.87. The number of nitrogens with one attached hydrogen (secondary N) is 3. The van der Waals surface area contributed by atoms with Crippen molar-refractivity contribution in [1.29, 1.82) is 0 Å². The molecule has 1 aromatic carbocycles. The molecule has 1 aromatic rings. The third-order valence-electron chi connectivity index (χ3n) is 2.94. The van der Waals surface area contributed by atoms with Gasteiger partial charge in [0.2, 0.25) is 5.91 Å². The molecule has 1 unspecified atom stereocenters. The van der Waals surface area contributed by atoms with Crippen LogP contribution >= 0.6 is 0 Å². The summed E-state index contributed by atoms with van der Waals surface area (Å²) in [4.78, 5) is 23.4. The maximum Gasteiger partial charge on any atom is 0.408 e. The highest BCUT2D eigenvalue weighted by atomic mass is 16.5. The Kier molecular flexibility index (Phi) is 7.38. The van der Waals surface area contributed by atoms with E-state index in [9.17, 15) is 9.59 Å². The SMILES string of the molecule is CC(C)NC(=O)C(C)NC(=O)OCc1ccc(NC(C)C)cc1. The van der Waals surface area contributed by atoms with E-state index >= 15 is 0 Å². The Morgan fingerprint density at radius 3 is 2.09 bits per heavy atom. The van der Waals surface area contributed by atoms with E-state index in [-0.39, 0.29) is 18.6 Å². The molecule has 0 bridgehead atoms. The summed E-state index contributed by atoms with van der Waals surface area (Å²) < 4.78 is 5.12. The molecule has 1 rings (SSSR count). The molecular weight excluding hydrogens is 294 g/mol. The Labute approximate surface area is 138 Å². The van der Waals surface area contributed by atoms with Crippen LogP contribution in [0.2, 0.25) is 0 Å². The number of ether oxygens (including phenoxy) is 1. The average Bonchev–Trinajstić information content (AvgIpc) is 2.45. The molecule has 0 saturated carbocycles. The molecule has 0 saturated heterocycles. The van der Waals surface area contributed by atoms with Crippen molar-refractivity contribution in [2.75, 3.05) is 5.32 Å². The molecule has 0 aromatic heterocycles. The number of carbonyl (C=O) groups is 2. The number of benzene rings is 1. The van der Waals surface area contributed by atoms with Crippen molar-refractivity contribution in [3.8, 4) is 0 Å². The summed E-state index contributed by atoms with van der Waals surface area (Å²) in [5, 5.41) is 8.52. The fourth-order valence-corrected chi connectivity index (χ4v) is 1.87. The molecule has 1 atom stereocenters. The van der Waals surface area contributed by atoms with Gasteiger partial charge in [-0.1, -0.05) is 12.1 Å². The quantitative estimate of drug-likeness (QED) is 0.721. The second-order valence-electron chi connectivity index (χ2n) is 6.10. The van der Waals surface area contributed by atoms with E-state index in [0.717, 1.165) is 11.3 Å². The summed E-state index contributed by atoms with van der Waals surface area (Å²) >= 11 is 0. The van der Waals surface area contributed by atoms with Gasteiger partial charge in [-0.05, 0) is 52.3 Å². The zero-order valence-corrected chi connectivity index (χ0v) is 14.5. The second kappa shape index (κ2) is 9.02. The smallest absolute Gasteiger partial charge is 0.408 e. The number of rotatable bonds is 7. The maximum absolute atomic E-state index is 11.7. The molecule has 0 radical (unpaired) electrons. The van der Waals surface area contributed by atoms with E-state index in [2.05, 4.69) is 29.8 Å². The second-order valence-corrected chi connectivity index (χ2v) is 6.10. The molecule has 0 aliphatic heterocycles. The predicted octanol–water partition coefficient (Wildman–Crippen LogP) is 2.65. The van der Waals surface area contributed by atoms with Crippen LogP contribution in [0.4, 0.5) is 10.5 Å². The van der Waals surface area contributed by atoms with Crippen LogP contribution in [0.15, 0.2) is 24.3 Å². The molecule has 6 nitrogen and oxygen atoms in total. The lowest BCUT2D eigenvalue weighted by atomic mass is 10.2. The summed E-state index contributed by atoms with van der Waals surface area (Å²) in [6.45, 7) is 9.63. The van der Waals surface area contributed by atoms with E-state index in [1.54, 1.807) is 6.92 Å². The van der Waals surface area contributed by atoms with Crippen LogP contribution in [0.5, 0.6) is 0 Å². The Balaban J connectivity index is 2.39. The van der Waals surface area contributed by atoms with Gasteiger partial charge in [-0.2, -0.15) is 0 Å². The number of carbonyl (C=O) groups excluding carboxylic acids is 2. The monoisotopic (exact) mass is 321 g/mol. The van der Waals surface area contributed by atoms with Crippen molar-refractivity contribution in [1.82, 2.24) is 10.6 Å². The topological polar surface area (TPSA) is 79.5 Å². The van der Waals surface area contributed by atoms with Crippen molar-refractivity contribution in [3.05, 3.63) is 29.8 Å². The zero-order chi connectivity index (χ0) is 17.4. The normalized spacial score (nSPS) is 12.0. The van der Waals surface area contributed by atoms with Gasteiger partial charge in [0, 0.05) is 17.8 Å². The fraction of sp³-hybridized carbons (Fsp3) is 0.529. The summed E-state index contributed by atoms with van der Waals surface area (Å²) in [5.74, 6) is -0.235. The highest BCUT2D eigenvalue weighted by Crippen LogP contribution is 2.11. The predicted molar refractivity (Wildman–Crippen MR) is 91.3 cm³/mol. The highest BCUT2D eigenvalue weighted by Gasteiger charge is 2.16. The third-order valence-corrected chi connectivity index (χ3v) is 2.94.